The summed E-state index contributed by atoms with van der Waals surface area (Å²) < 4.78 is 5.49. The van der Waals surface area contributed by atoms with Gasteiger partial charge in [-0.05, 0) is 41.5 Å². The van der Waals surface area contributed by atoms with Gasteiger partial charge >= 0.3 is 12.1 Å². The highest BCUT2D eigenvalue weighted by Crippen LogP contribution is 2.44. The standard InChI is InChI=1S/C25H28N2O5/c28-23(27-14-6-7-17(15-27)24(29)30)12-5-13-26-25(31)32-16-22-20-10-3-1-8-18(20)19-9-2-4-11-21(19)22/h1-4,8-11,17,22H,5-7,12-16H2,(H,26,31)(H,29,30). The van der Waals surface area contributed by atoms with Gasteiger partial charge in [0.2, 0.25) is 5.91 Å². The number of carbonyl (C=O) groups is 3. The first-order valence-electron chi connectivity index (χ1n) is 11.1. The van der Waals surface area contributed by atoms with Crippen LogP contribution in [0.4, 0.5) is 4.79 Å². The molecule has 1 atom stereocenters. The largest absolute Gasteiger partial charge is 0.481 e. The van der Waals surface area contributed by atoms with Crippen molar-refractivity contribution in [2.75, 3.05) is 26.2 Å². The van der Waals surface area contributed by atoms with E-state index >= 15 is 0 Å². The quantitative estimate of drug-likeness (QED) is 0.646. The number of alkyl carbamates (subject to hydrolysis) is 1. The van der Waals surface area contributed by atoms with Crippen LogP contribution in [0.25, 0.3) is 11.1 Å². The van der Waals surface area contributed by atoms with Crippen LogP contribution in [0.5, 0.6) is 0 Å². The maximum atomic E-state index is 12.3. The number of benzene rings is 2. The molecule has 0 bridgehead atoms. The fraction of sp³-hybridized carbons (Fsp3) is 0.400. The van der Waals surface area contributed by atoms with Crippen molar-refractivity contribution in [3.8, 4) is 11.1 Å². The van der Waals surface area contributed by atoms with Crippen molar-refractivity contribution in [1.82, 2.24) is 10.2 Å². The molecular weight excluding hydrogens is 408 g/mol. The van der Waals surface area contributed by atoms with Crippen molar-refractivity contribution in [1.29, 1.82) is 0 Å². The van der Waals surface area contributed by atoms with Crippen molar-refractivity contribution < 1.29 is 24.2 Å². The molecule has 1 unspecified atom stereocenters. The fourth-order valence-corrected chi connectivity index (χ4v) is 4.64. The van der Waals surface area contributed by atoms with Gasteiger partial charge in [0.25, 0.3) is 0 Å². The summed E-state index contributed by atoms with van der Waals surface area (Å²) in [6, 6.07) is 16.3. The molecule has 1 heterocycles. The van der Waals surface area contributed by atoms with Crippen LogP contribution >= 0.6 is 0 Å². The number of amides is 2. The maximum Gasteiger partial charge on any atom is 0.407 e. The molecule has 1 aliphatic carbocycles. The molecule has 2 aliphatic rings. The summed E-state index contributed by atoms with van der Waals surface area (Å²) in [5, 5.41) is 11.9. The van der Waals surface area contributed by atoms with Gasteiger partial charge < -0.3 is 20.1 Å². The molecule has 32 heavy (non-hydrogen) atoms. The maximum absolute atomic E-state index is 12.3. The molecule has 7 nitrogen and oxygen atoms in total. The summed E-state index contributed by atoms with van der Waals surface area (Å²) in [7, 11) is 0. The van der Waals surface area contributed by atoms with Gasteiger partial charge in [-0.2, -0.15) is 0 Å². The Hall–Kier alpha value is -3.35. The topological polar surface area (TPSA) is 95.9 Å². The van der Waals surface area contributed by atoms with Gasteiger partial charge in [0.15, 0.2) is 0 Å². The van der Waals surface area contributed by atoms with Crippen molar-refractivity contribution in [2.24, 2.45) is 5.92 Å². The Morgan fingerprint density at radius 1 is 1.03 bits per heavy atom. The number of nitrogens with one attached hydrogen (secondary N) is 1. The Kier molecular flexibility index (Phi) is 6.73. The van der Waals surface area contributed by atoms with Crippen LogP contribution in [0.3, 0.4) is 0 Å². The van der Waals surface area contributed by atoms with E-state index in [-0.39, 0.29) is 31.4 Å². The second kappa shape index (κ2) is 9.85. The van der Waals surface area contributed by atoms with Crippen LogP contribution in [0, 0.1) is 5.92 Å². The van der Waals surface area contributed by atoms with E-state index in [1.807, 2.05) is 24.3 Å². The minimum atomic E-state index is -0.848. The number of likely N-dealkylation sites (tertiary alicyclic amines) is 1. The second-order valence-electron chi connectivity index (χ2n) is 8.37. The monoisotopic (exact) mass is 436 g/mol. The van der Waals surface area contributed by atoms with Crippen LogP contribution < -0.4 is 5.32 Å². The number of hydrogen-bond acceptors (Lipinski definition) is 4. The third kappa shape index (κ3) is 4.77. The number of rotatable bonds is 7. The number of carbonyl (C=O) groups excluding carboxylic acids is 2. The van der Waals surface area contributed by atoms with Crippen LogP contribution in [0.2, 0.25) is 0 Å². The molecule has 0 saturated carbocycles. The van der Waals surface area contributed by atoms with Gasteiger partial charge in [-0.25, -0.2) is 4.79 Å². The first kappa shape index (κ1) is 21.9. The molecule has 2 amide bonds. The third-order valence-corrected chi connectivity index (χ3v) is 6.30. The Labute approximate surface area is 187 Å². The van der Waals surface area contributed by atoms with Gasteiger partial charge in [-0.3, -0.25) is 9.59 Å². The highest BCUT2D eigenvalue weighted by atomic mass is 16.5. The first-order valence-corrected chi connectivity index (χ1v) is 11.1. The Bertz CT molecular complexity index is 960. The van der Waals surface area contributed by atoms with E-state index in [9.17, 15) is 14.4 Å². The van der Waals surface area contributed by atoms with Crippen molar-refractivity contribution in [3.05, 3.63) is 59.7 Å². The van der Waals surface area contributed by atoms with E-state index in [1.165, 1.54) is 11.1 Å². The van der Waals surface area contributed by atoms with Gasteiger partial charge in [0.1, 0.15) is 6.61 Å². The molecule has 168 valence electrons. The van der Waals surface area contributed by atoms with E-state index in [0.29, 0.717) is 32.4 Å². The SMILES string of the molecule is O=C(NCCCC(=O)N1CCCC(C(=O)O)C1)OCC1c2ccccc2-c2ccccc21. The number of carboxylic acid groups (broad SMARTS) is 1. The summed E-state index contributed by atoms with van der Waals surface area (Å²) in [4.78, 5) is 37.3. The lowest BCUT2D eigenvalue weighted by atomic mass is 9.98. The highest BCUT2D eigenvalue weighted by Gasteiger charge is 2.29. The fourth-order valence-electron chi connectivity index (χ4n) is 4.64. The number of piperidine rings is 1. The van der Waals surface area contributed by atoms with E-state index < -0.39 is 18.0 Å². The van der Waals surface area contributed by atoms with E-state index in [0.717, 1.165) is 11.1 Å². The number of ether oxygens (including phenoxy) is 1. The number of fused-ring (bicyclic) bond motifs is 3. The summed E-state index contributed by atoms with van der Waals surface area (Å²) in [6.45, 7) is 1.46. The van der Waals surface area contributed by atoms with Crippen LogP contribution in [0.1, 0.15) is 42.7 Å². The molecule has 2 N–H and O–H groups in total. The molecule has 1 saturated heterocycles. The van der Waals surface area contributed by atoms with Crippen LogP contribution in [-0.2, 0) is 14.3 Å². The molecule has 0 aromatic heterocycles. The zero-order valence-corrected chi connectivity index (χ0v) is 18.0. The minimum Gasteiger partial charge on any atom is -0.481 e. The normalized spacial score (nSPS) is 17.4. The Morgan fingerprint density at radius 3 is 2.34 bits per heavy atom. The third-order valence-electron chi connectivity index (χ3n) is 6.30. The molecule has 4 rings (SSSR count). The molecule has 0 radical (unpaired) electrons. The van der Waals surface area contributed by atoms with Crippen LogP contribution in [-0.4, -0.2) is 54.2 Å². The smallest absolute Gasteiger partial charge is 0.407 e. The lowest BCUT2D eigenvalue weighted by Gasteiger charge is -2.30. The minimum absolute atomic E-state index is 0.0102. The van der Waals surface area contributed by atoms with Gasteiger partial charge in [-0.15, -0.1) is 0 Å². The zero-order valence-electron chi connectivity index (χ0n) is 18.0. The molecular formula is C25H28N2O5. The summed E-state index contributed by atoms with van der Waals surface area (Å²) >= 11 is 0. The Morgan fingerprint density at radius 2 is 1.69 bits per heavy atom. The van der Waals surface area contributed by atoms with Crippen molar-refractivity contribution >= 4 is 18.0 Å². The number of carboxylic acids is 1. The van der Waals surface area contributed by atoms with Crippen molar-refractivity contribution in [2.45, 2.75) is 31.6 Å². The molecule has 1 fully saturated rings. The molecule has 0 spiro atoms. The highest BCUT2D eigenvalue weighted by molar-refractivity contribution is 5.79. The second-order valence-corrected chi connectivity index (χ2v) is 8.37. The molecule has 2 aromatic rings. The van der Waals surface area contributed by atoms with Gasteiger partial charge in [-0.1, -0.05) is 48.5 Å². The molecule has 2 aromatic carbocycles. The lowest BCUT2D eigenvalue weighted by molar-refractivity contribution is -0.145. The lowest BCUT2D eigenvalue weighted by Crippen LogP contribution is -2.42. The van der Waals surface area contributed by atoms with E-state index in [4.69, 9.17) is 9.84 Å². The zero-order chi connectivity index (χ0) is 22.5. The van der Waals surface area contributed by atoms with Crippen LogP contribution in [0.15, 0.2) is 48.5 Å². The van der Waals surface area contributed by atoms with Gasteiger partial charge in [0.05, 0.1) is 5.92 Å². The predicted octanol–water partition coefficient (Wildman–Crippen LogP) is 3.63. The average Bonchev–Trinajstić information content (AvgIpc) is 3.14. The Balaban J connectivity index is 1.21. The van der Waals surface area contributed by atoms with E-state index in [2.05, 4.69) is 29.6 Å². The summed E-state index contributed by atoms with van der Waals surface area (Å²) in [5.74, 6) is -1.38. The number of aliphatic carboxylic acids is 1. The molecule has 7 heteroatoms. The molecule has 1 aliphatic heterocycles. The van der Waals surface area contributed by atoms with Gasteiger partial charge in [0, 0.05) is 32.0 Å². The van der Waals surface area contributed by atoms with E-state index in [1.54, 1.807) is 4.90 Å². The number of hydrogen-bond donors (Lipinski definition) is 2. The predicted molar refractivity (Wildman–Crippen MR) is 119 cm³/mol. The summed E-state index contributed by atoms with van der Waals surface area (Å²) in [6.07, 6.45) is 1.58. The van der Waals surface area contributed by atoms with Crippen molar-refractivity contribution in [3.63, 3.8) is 0 Å². The number of nitrogens with zero attached hydrogens (tertiary/aromatic N) is 1. The average molecular weight is 437 g/mol. The summed E-state index contributed by atoms with van der Waals surface area (Å²) in [5.41, 5.74) is 4.68. The first-order chi connectivity index (χ1) is 15.5.